The second-order valence-electron chi connectivity index (χ2n) is 4.63. The van der Waals surface area contributed by atoms with Gasteiger partial charge in [-0.3, -0.25) is 4.79 Å². The van der Waals surface area contributed by atoms with Crippen molar-refractivity contribution in [3.8, 4) is 5.75 Å². The highest BCUT2D eigenvalue weighted by molar-refractivity contribution is 5.83. The number of ether oxygens (including phenoxy) is 1. The van der Waals surface area contributed by atoms with Crippen molar-refractivity contribution in [2.75, 3.05) is 0 Å². The number of hydrogen-bond acceptors (Lipinski definition) is 2. The molecule has 3 nitrogen and oxygen atoms in total. The van der Waals surface area contributed by atoms with Gasteiger partial charge in [0.2, 0.25) is 0 Å². The van der Waals surface area contributed by atoms with E-state index in [1.54, 1.807) is 13.8 Å². The fourth-order valence-electron chi connectivity index (χ4n) is 1.39. The van der Waals surface area contributed by atoms with Crippen LogP contribution in [0.4, 0.5) is 0 Å². The van der Waals surface area contributed by atoms with E-state index in [1.807, 2.05) is 32.9 Å². The van der Waals surface area contributed by atoms with Gasteiger partial charge in [-0.25, -0.2) is 0 Å². The van der Waals surface area contributed by atoms with E-state index >= 15 is 0 Å². The number of carbonyl (C=O) groups excluding carboxylic acids is 1. The molecule has 0 saturated carbocycles. The lowest BCUT2D eigenvalue weighted by molar-refractivity contribution is -0.130. The third-order valence-corrected chi connectivity index (χ3v) is 2.82. The smallest absolute Gasteiger partial charge is 0.261 e. The zero-order valence-corrected chi connectivity index (χ0v) is 10.5. The predicted octanol–water partition coefficient (Wildman–Crippen LogP) is 2.25. The molecule has 0 atom stereocenters. The molecular weight excluding hydrogens is 202 g/mol. The van der Waals surface area contributed by atoms with Crippen molar-refractivity contribution in [2.24, 2.45) is 5.73 Å². The molecule has 0 fully saturated rings. The standard InChI is InChI=1S/C13H19NO2/c1-8-6-7-9(2)11(10(8)3)16-13(4,5)12(14)15/h6-7H,1-5H3,(H2,14,15). The maximum atomic E-state index is 11.2. The molecule has 1 amide bonds. The summed E-state index contributed by atoms with van der Waals surface area (Å²) >= 11 is 0. The fraction of sp³-hybridized carbons (Fsp3) is 0.462. The largest absolute Gasteiger partial charge is 0.477 e. The number of hydrogen-bond donors (Lipinski definition) is 1. The Morgan fingerprint density at radius 2 is 1.69 bits per heavy atom. The first-order valence-corrected chi connectivity index (χ1v) is 5.31. The Labute approximate surface area is 96.6 Å². The number of carbonyl (C=O) groups is 1. The second-order valence-corrected chi connectivity index (χ2v) is 4.63. The van der Waals surface area contributed by atoms with Crippen molar-refractivity contribution in [3.63, 3.8) is 0 Å². The zero-order chi connectivity index (χ0) is 12.5. The SMILES string of the molecule is Cc1ccc(C)c(OC(C)(C)C(N)=O)c1C. The van der Waals surface area contributed by atoms with E-state index in [4.69, 9.17) is 10.5 Å². The Kier molecular flexibility index (Phi) is 3.27. The van der Waals surface area contributed by atoms with Crippen LogP contribution >= 0.6 is 0 Å². The van der Waals surface area contributed by atoms with Gasteiger partial charge in [0.15, 0.2) is 5.60 Å². The molecule has 2 N–H and O–H groups in total. The summed E-state index contributed by atoms with van der Waals surface area (Å²) in [6.07, 6.45) is 0. The second kappa shape index (κ2) is 4.16. The third kappa shape index (κ3) is 2.35. The van der Waals surface area contributed by atoms with E-state index in [0.29, 0.717) is 0 Å². The minimum absolute atomic E-state index is 0.465. The summed E-state index contributed by atoms with van der Waals surface area (Å²) in [4.78, 5) is 11.2. The lowest BCUT2D eigenvalue weighted by Crippen LogP contribution is -2.43. The van der Waals surface area contributed by atoms with Gasteiger partial charge in [0.05, 0.1) is 0 Å². The number of amides is 1. The Morgan fingerprint density at radius 1 is 1.19 bits per heavy atom. The first-order chi connectivity index (χ1) is 7.25. The van der Waals surface area contributed by atoms with E-state index in [9.17, 15) is 4.79 Å². The molecule has 1 rings (SSSR count). The van der Waals surface area contributed by atoms with Gasteiger partial charge in [-0.1, -0.05) is 12.1 Å². The maximum Gasteiger partial charge on any atom is 0.261 e. The molecule has 0 radical (unpaired) electrons. The number of benzene rings is 1. The van der Waals surface area contributed by atoms with Crippen LogP contribution in [0.5, 0.6) is 5.75 Å². The average molecular weight is 221 g/mol. The number of primary amides is 1. The van der Waals surface area contributed by atoms with E-state index in [2.05, 4.69) is 0 Å². The van der Waals surface area contributed by atoms with Crippen molar-refractivity contribution >= 4 is 5.91 Å². The minimum atomic E-state index is -0.983. The van der Waals surface area contributed by atoms with Crippen LogP contribution in [0.15, 0.2) is 12.1 Å². The summed E-state index contributed by atoms with van der Waals surface area (Å²) < 4.78 is 5.73. The quantitative estimate of drug-likeness (QED) is 0.851. The van der Waals surface area contributed by atoms with Gasteiger partial charge in [-0.05, 0) is 51.3 Å². The van der Waals surface area contributed by atoms with Crippen molar-refractivity contribution in [1.29, 1.82) is 0 Å². The molecule has 16 heavy (non-hydrogen) atoms. The molecule has 0 saturated heterocycles. The number of rotatable bonds is 3. The van der Waals surface area contributed by atoms with Crippen molar-refractivity contribution < 1.29 is 9.53 Å². The highest BCUT2D eigenvalue weighted by atomic mass is 16.5. The highest BCUT2D eigenvalue weighted by Crippen LogP contribution is 2.29. The van der Waals surface area contributed by atoms with Gasteiger partial charge in [-0.15, -0.1) is 0 Å². The Balaban J connectivity index is 3.15. The van der Waals surface area contributed by atoms with Gasteiger partial charge in [0.25, 0.3) is 5.91 Å². The molecular formula is C13H19NO2. The molecule has 0 bridgehead atoms. The van der Waals surface area contributed by atoms with Crippen LogP contribution in [0, 0.1) is 20.8 Å². The lowest BCUT2D eigenvalue weighted by Gasteiger charge is -2.25. The molecule has 1 aromatic carbocycles. The number of nitrogens with two attached hydrogens (primary N) is 1. The van der Waals surface area contributed by atoms with Crippen molar-refractivity contribution in [3.05, 3.63) is 28.8 Å². The van der Waals surface area contributed by atoms with Crippen LogP contribution < -0.4 is 10.5 Å². The first-order valence-electron chi connectivity index (χ1n) is 5.31. The monoisotopic (exact) mass is 221 g/mol. The summed E-state index contributed by atoms with van der Waals surface area (Å²) in [5, 5.41) is 0. The van der Waals surface area contributed by atoms with Crippen LogP contribution in [-0.2, 0) is 4.79 Å². The first kappa shape index (κ1) is 12.6. The van der Waals surface area contributed by atoms with Gasteiger partial charge < -0.3 is 10.5 Å². The molecule has 0 unspecified atom stereocenters. The molecule has 1 aromatic rings. The molecule has 0 aliphatic rings. The van der Waals surface area contributed by atoms with E-state index in [0.717, 1.165) is 22.4 Å². The lowest BCUT2D eigenvalue weighted by atomic mass is 10.0. The Hall–Kier alpha value is -1.51. The molecule has 0 aromatic heterocycles. The van der Waals surface area contributed by atoms with Crippen LogP contribution in [0.1, 0.15) is 30.5 Å². The third-order valence-electron chi connectivity index (χ3n) is 2.82. The Morgan fingerprint density at radius 3 is 2.19 bits per heavy atom. The molecule has 0 spiro atoms. The predicted molar refractivity (Wildman–Crippen MR) is 64.6 cm³/mol. The summed E-state index contributed by atoms with van der Waals surface area (Å²) in [5.74, 6) is 0.289. The topological polar surface area (TPSA) is 52.3 Å². The van der Waals surface area contributed by atoms with E-state index in [1.165, 1.54) is 0 Å². The molecule has 88 valence electrons. The number of aryl methyl sites for hydroxylation is 2. The van der Waals surface area contributed by atoms with Gasteiger partial charge >= 0.3 is 0 Å². The van der Waals surface area contributed by atoms with Crippen LogP contribution in [-0.4, -0.2) is 11.5 Å². The van der Waals surface area contributed by atoms with Crippen molar-refractivity contribution in [1.82, 2.24) is 0 Å². The van der Waals surface area contributed by atoms with E-state index in [-0.39, 0.29) is 0 Å². The van der Waals surface area contributed by atoms with E-state index < -0.39 is 11.5 Å². The molecule has 0 aliphatic carbocycles. The Bertz CT molecular complexity index is 422. The van der Waals surface area contributed by atoms with Crippen LogP contribution in [0.3, 0.4) is 0 Å². The molecule has 0 heterocycles. The fourth-order valence-corrected chi connectivity index (χ4v) is 1.39. The summed E-state index contributed by atoms with van der Waals surface area (Å²) in [6, 6.07) is 4.02. The summed E-state index contributed by atoms with van der Waals surface area (Å²) in [7, 11) is 0. The summed E-state index contributed by atoms with van der Waals surface area (Å²) in [5.41, 5.74) is 7.51. The molecule has 3 heteroatoms. The van der Waals surface area contributed by atoms with Crippen LogP contribution in [0.25, 0.3) is 0 Å². The minimum Gasteiger partial charge on any atom is -0.477 e. The van der Waals surface area contributed by atoms with Gasteiger partial charge in [0, 0.05) is 0 Å². The highest BCUT2D eigenvalue weighted by Gasteiger charge is 2.28. The summed E-state index contributed by atoms with van der Waals surface area (Å²) in [6.45, 7) is 9.31. The van der Waals surface area contributed by atoms with Crippen molar-refractivity contribution in [2.45, 2.75) is 40.2 Å². The van der Waals surface area contributed by atoms with Gasteiger partial charge in [0.1, 0.15) is 5.75 Å². The normalized spacial score (nSPS) is 11.3. The maximum absolute atomic E-state index is 11.2. The van der Waals surface area contributed by atoms with Gasteiger partial charge in [-0.2, -0.15) is 0 Å². The van der Waals surface area contributed by atoms with Crippen LogP contribution in [0.2, 0.25) is 0 Å². The average Bonchev–Trinajstić information content (AvgIpc) is 2.18. The zero-order valence-electron chi connectivity index (χ0n) is 10.5. The molecule has 0 aliphatic heterocycles.